The fourth-order valence-electron chi connectivity index (χ4n) is 8.81. The summed E-state index contributed by atoms with van der Waals surface area (Å²) in [6.07, 6.45) is 8.64. The number of aryl methyl sites for hydroxylation is 4. The van der Waals surface area contributed by atoms with Gasteiger partial charge < -0.3 is 19.1 Å². The van der Waals surface area contributed by atoms with Crippen molar-refractivity contribution in [3.63, 3.8) is 0 Å². The summed E-state index contributed by atoms with van der Waals surface area (Å²) in [6.45, 7) is 8.25. The lowest BCUT2D eigenvalue weighted by Gasteiger charge is -2.26. The molecular formula is C60H47NO3. The average molecular weight is 830 g/mol. The molecule has 4 nitrogen and oxygen atoms in total. The Kier molecular flexibility index (Phi) is 10.3. The molecule has 310 valence electrons. The molecule has 0 spiro atoms. The van der Waals surface area contributed by atoms with E-state index in [0.29, 0.717) is 5.76 Å². The molecule has 0 amide bonds. The molecule has 0 aromatic heterocycles. The third-order valence-electron chi connectivity index (χ3n) is 12.8. The van der Waals surface area contributed by atoms with Crippen LogP contribution in [0.4, 0.5) is 17.1 Å². The highest BCUT2D eigenvalue weighted by Crippen LogP contribution is 2.40. The van der Waals surface area contributed by atoms with Crippen molar-refractivity contribution in [2.75, 3.05) is 4.90 Å². The maximum absolute atomic E-state index is 6.33. The lowest BCUT2D eigenvalue weighted by Crippen LogP contribution is -2.09. The van der Waals surface area contributed by atoms with Crippen LogP contribution in [-0.4, -0.2) is 0 Å². The minimum Gasteiger partial charge on any atom is -0.458 e. The van der Waals surface area contributed by atoms with Crippen LogP contribution in [-0.2, 0) is 25.7 Å². The lowest BCUT2D eigenvalue weighted by molar-refractivity contribution is 0.445. The monoisotopic (exact) mass is 829 g/mol. The number of anilines is 3. The van der Waals surface area contributed by atoms with Gasteiger partial charge in [-0.1, -0.05) is 104 Å². The van der Waals surface area contributed by atoms with Crippen molar-refractivity contribution in [1.82, 2.24) is 0 Å². The Morgan fingerprint density at radius 1 is 0.391 bits per heavy atom. The standard InChI is InChI=1S/C60H47NO3/c1-40-12-13-47(40)34-41(2)62-56-9-3-6-48(35-56)44-18-26-53(27-19-44)61(54-28-20-45(21-29-54)49-7-4-10-57(36-49)63-59-32-24-42-14-16-51(42)38-59)55-30-22-46(23-31-55)50-8-5-11-58(37-50)64-60-33-25-43-15-17-52(43)39-60/h3-11,18-39H,1-2,12-17H2/b47-34-. The number of benzene rings is 8. The van der Waals surface area contributed by atoms with Gasteiger partial charge in [0.1, 0.15) is 34.5 Å². The van der Waals surface area contributed by atoms with Crippen LogP contribution >= 0.6 is 0 Å². The van der Waals surface area contributed by atoms with Crippen LogP contribution in [0.5, 0.6) is 28.7 Å². The minimum atomic E-state index is 0.622. The average Bonchev–Trinajstić information content (AvgIpc) is 3.31. The van der Waals surface area contributed by atoms with E-state index in [1.54, 1.807) is 0 Å². The van der Waals surface area contributed by atoms with E-state index in [1.807, 2.05) is 30.3 Å². The topological polar surface area (TPSA) is 30.9 Å². The predicted molar refractivity (Wildman–Crippen MR) is 262 cm³/mol. The van der Waals surface area contributed by atoms with Gasteiger partial charge in [-0.3, -0.25) is 0 Å². The minimum absolute atomic E-state index is 0.622. The highest BCUT2D eigenvalue weighted by Gasteiger charge is 2.18. The van der Waals surface area contributed by atoms with Crippen LogP contribution < -0.4 is 19.1 Å². The number of ether oxygens (including phenoxy) is 3. The van der Waals surface area contributed by atoms with E-state index in [2.05, 4.69) is 176 Å². The molecule has 0 heterocycles. The van der Waals surface area contributed by atoms with E-state index in [1.165, 1.54) is 27.8 Å². The third-order valence-corrected chi connectivity index (χ3v) is 12.8. The second-order valence-corrected chi connectivity index (χ2v) is 17.0. The molecule has 0 N–H and O–H groups in total. The molecule has 0 bridgehead atoms. The summed E-state index contributed by atoms with van der Waals surface area (Å²) in [6, 6.07) is 64.0. The molecule has 11 rings (SSSR count). The second kappa shape index (κ2) is 16.8. The van der Waals surface area contributed by atoms with Crippen molar-refractivity contribution in [3.05, 3.63) is 240 Å². The fourth-order valence-corrected chi connectivity index (χ4v) is 8.81. The van der Waals surface area contributed by atoms with Gasteiger partial charge in [0, 0.05) is 17.1 Å². The zero-order chi connectivity index (χ0) is 43.0. The lowest BCUT2D eigenvalue weighted by atomic mass is 9.86. The summed E-state index contributed by atoms with van der Waals surface area (Å²) in [5.41, 5.74) is 17.7. The largest absolute Gasteiger partial charge is 0.458 e. The molecule has 1 saturated carbocycles. The van der Waals surface area contributed by atoms with E-state index in [-0.39, 0.29) is 0 Å². The van der Waals surface area contributed by atoms with Crippen LogP contribution in [0, 0.1) is 0 Å². The molecule has 0 saturated heterocycles. The Hall–Kier alpha value is -7.82. The first kappa shape index (κ1) is 39.1. The molecule has 0 aliphatic heterocycles. The molecule has 64 heavy (non-hydrogen) atoms. The highest BCUT2D eigenvalue weighted by atomic mass is 16.5. The molecule has 3 aliphatic carbocycles. The van der Waals surface area contributed by atoms with Gasteiger partial charge in [-0.05, 0) is 203 Å². The Balaban J connectivity index is 0.873. The van der Waals surface area contributed by atoms with Crippen LogP contribution in [0.25, 0.3) is 33.4 Å². The first-order valence-corrected chi connectivity index (χ1v) is 22.2. The summed E-state index contributed by atoms with van der Waals surface area (Å²) in [5, 5.41) is 0. The number of fused-ring (bicyclic) bond motifs is 2. The van der Waals surface area contributed by atoms with Crippen molar-refractivity contribution in [2.24, 2.45) is 0 Å². The van der Waals surface area contributed by atoms with Gasteiger partial charge in [0.25, 0.3) is 0 Å². The van der Waals surface area contributed by atoms with E-state index < -0.39 is 0 Å². The smallest absolute Gasteiger partial charge is 0.128 e. The molecule has 8 aromatic rings. The first-order valence-electron chi connectivity index (χ1n) is 22.2. The van der Waals surface area contributed by atoms with Crippen molar-refractivity contribution in [3.8, 4) is 62.1 Å². The Morgan fingerprint density at radius 2 is 0.797 bits per heavy atom. The van der Waals surface area contributed by atoms with Crippen molar-refractivity contribution in [1.29, 1.82) is 0 Å². The molecule has 3 aliphatic rings. The molecule has 8 aromatic carbocycles. The Bertz CT molecular complexity index is 2960. The predicted octanol–water partition coefficient (Wildman–Crippen LogP) is 16.1. The summed E-state index contributed by atoms with van der Waals surface area (Å²) >= 11 is 0. The third kappa shape index (κ3) is 8.14. The van der Waals surface area contributed by atoms with E-state index in [0.717, 1.165) is 123 Å². The number of allylic oxidation sites excluding steroid dienone is 3. The SMILES string of the molecule is C=C(/C=C1/CCC1=C)Oc1cccc(-c2ccc(N(c3ccc(-c4cccc(Oc5ccc6c(c5)CC6)c4)cc3)c3ccc(-c4cccc(Oc5ccc6c(c5)CC6)c4)cc3)cc2)c1. The molecular weight excluding hydrogens is 783 g/mol. The van der Waals surface area contributed by atoms with E-state index in [4.69, 9.17) is 14.2 Å². The van der Waals surface area contributed by atoms with Gasteiger partial charge in [-0.15, -0.1) is 0 Å². The van der Waals surface area contributed by atoms with Crippen LogP contribution in [0.15, 0.2) is 218 Å². The maximum Gasteiger partial charge on any atom is 0.128 e. The van der Waals surface area contributed by atoms with Crippen LogP contribution in [0.1, 0.15) is 35.1 Å². The van der Waals surface area contributed by atoms with Crippen LogP contribution in [0.2, 0.25) is 0 Å². The highest BCUT2D eigenvalue weighted by molar-refractivity contribution is 5.81. The number of hydrogen-bond acceptors (Lipinski definition) is 4. The van der Waals surface area contributed by atoms with Crippen molar-refractivity contribution in [2.45, 2.75) is 38.5 Å². The zero-order valence-corrected chi connectivity index (χ0v) is 35.7. The van der Waals surface area contributed by atoms with Gasteiger partial charge in [0.05, 0.1) is 0 Å². The number of nitrogens with zero attached hydrogens (tertiary/aromatic N) is 1. The van der Waals surface area contributed by atoms with Crippen LogP contribution in [0.3, 0.4) is 0 Å². The van der Waals surface area contributed by atoms with Crippen molar-refractivity contribution < 1.29 is 14.2 Å². The number of rotatable bonds is 13. The van der Waals surface area contributed by atoms with Crippen molar-refractivity contribution >= 4 is 17.1 Å². The zero-order valence-electron chi connectivity index (χ0n) is 35.7. The Labute approximate surface area is 375 Å². The van der Waals surface area contributed by atoms with E-state index in [9.17, 15) is 0 Å². The normalized spacial score (nSPS) is 14.0. The Morgan fingerprint density at radius 3 is 1.17 bits per heavy atom. The first-order chi connectivity index (χ1) is 31.4. The fraction of sp³-hybridized carbons (Fsp3) is 0.100. The molecule has 0 unspecified atom stereocenters. The molecule has 1 fully saturated rings. The summed E-state index contributed by atoms with van der Waals surface area (Å²) in [7, 11) is 0. The summed E-state index contributed by atoms with van der Waals surface area (Å²) in [5.74, 6) is 4.80. The van der Waals surface area contributed by atoms with Gasteiger partial charge >= 0.3 is 0 Å². The molecule has 0 radical (unpaired) electrons. The van der Waals surface area contributed by atoms with Gasteiger partial charge in [-0.25, -0.2) is 0 Å². The van der Waals surface area contributed by atoms with Gasteiger partial charge in [-0.2, -0.15) is 0 Å². The second-order valence-electron chi connectivity index (χ2n) is 17.0. The van der Waals surface area contributed by atoms with Gasteiger partial charge in [0.2, 0.25) is 0 Å². The maximum atomic E-state index is 6.33. The molecule has 0 atom stereocenters. The van der Waals surface area contributed by atoms with E-state index >= 15 is 0 Å². The summed E-state index contributed by atoms with van der Waals surface area (Å²) < 4.78 is 18.8. The quantitative estimate of drug-likeness (QED) is 0.108. The number of hydrogen-bond donors (Lipinski definition) is 0. The van der Waals surface area contributed by atoms with Gasteiger partial charge in [0.15, 0.2) is 0 Å². The molecule has 4 heteroatoms. The summed E-state index contributed by atoms with van der Waals surface area (Å²) in [4.78, 5) is 2.30.